The van der Waals surface area contributed by atoms with E-state index in [1.807, 2.05) is 50.4 Å². The summed E-state index contributed by atoms with van der Waals surface area (Å²) in [7, 11) is 1.54. The number of pyridine rings is 1. The van der Waals surface area contributed by atoms with Gasteiger partial charge in [0.25, 0.3) is 0 Å². The van der Waals surface area contributed by atoms with E-state index in [9.17, 15) is 0 Å². The highest BCUT2D eigenvalue weighted by Gasteiger charge is 2.07. The van der Waals surface area contributed by atoms with Crippen LogP contribution in [0.3, 0.4) is 0 Å². The molecular weight excluding hydrogens is 376 g/mol. The van der Waals surface area contributed by atoms with E-state index in [0.29, 0.717) is 6.61 Å². The first-order valence-corrected chi connectivity index (χ1v) is 10.6. The number of allylic oxidation sites excluding steroid dienone is 1. The standard InChI is InChI=1S/C25H34N2O3/c1-6-7-14-29-23-16-19(2)25(20(3)17-23)30-15-10-8-9-11-22-12-13-24(26-18-22)21(4)27-28-5/h6-7,12-13,16-18H,8-11,14-15H2,1-5H3/b7-6+,27-21?. The molecule has 1 heterocycles. The van der Waals surface area contributed by atoms with Crippen molar-refractivity contribution < 1.29 is 14.3 Å². The van der Waals surface area contributed by atoms with Crippen LogP contribution < -0.4 is 9.47 Å². The van der Waals surface area contributed by atoms with Crippen LogP contribution in [0, 0.1) is 13.8 Å². The van der Waals surface area contributed by atoms with Gasteiger partial charge in [-0.05, 0) is 88.3 Å². The Hall–Kier alpha value is -2.82. The zero-order chi connectivity index (χ0) is 21.8. The average molecular weight is 411 g/mol. The molecule has 1 aromatic carbocycles. The minimum Gasteiger partial charge on any atom is -0.493 e. The van der Waals surface area contributed by atoms with E-state index in [1.165, 1.54) is 5.56 Å². The number of nitrogens with zero attached hydrogens (tertiary/aromatic N) is 2. The highest BCUT2D eigenvalue weighted by atomic mass is 16.6. The van der Waals surface area contributed by atoms with Crippen molar-refractivity contribution in [3.8, 4) is 11.5 Å². The number of rotatable bonds is 12. The summed E-state index contributed by atoms with van der Waals surface area (Å²) in [5, 5.41) is 3.91. The molecule has 0 radical (unpaired) electrons. The van der Waals surface area contributed by atoms with E-state index in [1.54, 1.807) is 7.11 Å². The van der Waals surface area contributed by atoms with E-state index in [-0.39, 0.29) is 0 Å². The molecule has 0 spiro atoms. The van der Waals surface area contributed by atoms with Crippen molar-refractivity contribution in [1.82, 2.24) is 4.98 Å². The van der Waals surface area contributed by atoms with Gasteiger partial charge in [-0.2, -0.15) is 0 Å². The normalized spacial score (nSPS) is 11.7. The Labute approximate surface area is 180 Å². The Morgan fingerprint density at radius 1 is 1.07 bits per heavy atom. The number of oxime groups is 1. The first-order valence-electron chi connectivity index (χ1n) is 10.6. The molecule has 0 amide bonds. The molecule has 5 heteroatoms. The van der Waals surface area contributed by atoms with Gasteiger partial charge in [-0.1, -0.05) is 23.4 Å². The van der Waals surface area contributed by atoms with Crippen molar-refractivity contribution in [2.75, 3.05) is 20.3 Å². The second-order valence-corrected chi connectivity index (χ2v) is 7.34. The molecule has 1 aromatic heterocycles. The maximum Gasteiger partial charge on any atom is 0.125 e. The highest BCUT2D eigenvalue weighted by molar-refractivity contribution is 5.96. The molecule has 2 aromatic rings. The first kappa shape index (κ1) is 23.5. The summed E-state index contributed by atoms with van der Waals surface area (Å²) in [6.45, 7) is 9.34. The predicted molar refractivity (Wildman–Crippen MR) is 123 cm³/mol. The molecule has 30 heavy (non-hydrogen) atoms. The molecular formula is C25H34N2O3. The number of ether oxygens (including phenoxy) is 2. The summed E-state index contributed by atoms with van der Waals surface area (Å²) in [5.41, 5.74) is 5.10. The Bertz CT molecular complexity index is 819. The lowest BCUT2D eigenvalue weighted by Crippen LogP contribution is -2.02. The van der Waals surface area contributed by atoms with Gasteiger partial charge in [-0.25, -0.2) is 0 Å². The quantitative estimate of drug-likeness (QED) is 0.192. The topological polar surface area (TPSA) is 52.9 Å². The molecule has 2 rings (SSSR count). The van der Waals surface area contributed by atoms with Gasteiger partial charge >= 0.3 is 0 Å². The molecule has 0 aliphatic heterocycles. The van der Waals surface area contributed by atoms with E-state index in [2.05, 4.69) is 30.1 Å². The van der Waals surface area contributed by atoms with Crippen molar-refractivity contribution in [2.45, 2.75) is 53.4 Å². The third-order valence-corrected chi connectivity index (χ3v) is 4.80. The number of hydrogen-bond donors (Lipinski definition) is 0. The molecule has 5 nitrogen and oxygen atoms in total. The van der Waals surface area contributed by atoms with Gasteiger partial charge in [-0.3, -0.25) is 4.98 Å². The smallest absolute Gasteiger partial charge is 0.125 e. The summed E-state index contributed by atoms with van der Waals surface area (Å²) in [4.78, 5) is 9.24. The second kappa shape index (κ2) is 12.7. The van der Waals surface area contributed by atoms with Gasteiger partial charge < -0.3 is 14.3 Å². The third-order valence-electron chi connectivity index (χ3n) is 4.80. The molecule has 0 unspecified atom stereocenters. The van der Waals surface area contributed by atoms with Gasteiger partial charge in [0.15, 0.2) is 0 Å². The average Bonchev–Trinajstić information content (AvgIpc) is 2.73. The Balaban J connectivity index is 1.72. The third kappa shape index (κ3) is 7.54. The van der Waals surface area contributed by atoms with Crippen molar-refractivity contribution in [3.63, 3.8) is 0 Å². The number of aromatic nitrogens is 1. The largest absolute Gasteiger partial charge is 0.493 e. The summed E-state index contributed by atoms with van der Waals surface area (Å²) in [6, 6.07) is 8.19. The van der Waals surface area contributed by atoms with Crippen LogP contribution in [0.15, 0.2) is 47.8 Å². The molecule has 0 aliphatic rings. The van der Waals surface area contributed by atoms with Crippen LogP contribution >= 0.6 is 0 Å². The molecule has 162 valence electrons. The molecule has 0 atom stereocenters. The second-order valence-electron chi connectivity index (χ2n) is 7.34. The van der Waals surface area contributed by atoms with Gasteiger partial charge in [0.05, 0.1) is 12.3 Å². The Morgan fingerprint density at radius 2 is 1.83 bits per heavy atom. The molecule has 0 fully saturated rings. The fourth-order valence-corrected chi connectivity index (χ4v) is 3.21. The molecule has 0 bridgehead atoms. The van der Waals surface area contributed by atoms with E-state index < -0.39 is 0 Å². The Morgan fingerprint density at radius 3 is 2.47 bits per heavy atom. The number of hydrogen-bond acceptors (Lipinski definition) is 5. The van der Waals surface area contributed by atoms with Crippen LogP contribution in [0.25, 0.3) is 0 Å². The molecule has 0 aliphatic carbocycles. The van der Waals surface area contributed by atoms with Crippen LogP contribution in [-0.4, -0.2) is 31.0 Å². The highest BCUT2D eigenvalue weighted by Crippen LogP contribution is 2.28. The number of unbranched alkanes of at least 4 members (excludes halogenated alkanes) is 2. The minimum atomic E-state index is 0.591. The number of aryl methyl sites for hydroxylation is 3. The Kier molecular flexibility index (Phi) is 9.92. The minimum absolute atomic E-state index is 0.591. The van der Waals surface area contributed by atoms with Crippen LogP contribution in [0.2, 0.25) is 0 Å². The fourth-order valence-electron chi connectivity index (χ4n) is 3.21. The van der Waals surface area contributed by atoms with Crippen LogP contribution in [0.1, 0.15) is 55.5 Å². The summed E-state index contributed by atoms with van der Waals surface area (Å²) in [5.74, 6) is 1.86. The fraction of sp³-hybridized carbons (Fsp3) is 0.440. The molecule has 0 saturated heterocycles. The molecule has 0 saturated carbocycles. The lowest BCUT2D eigenvalue weighted by molar-refractivity contribution is 0.213. The monoisotopic (exact) mass is 410 g/mol. The number of benzene rings is 1. The van der Waals surface area contributed by atoms with Crippen molar-refractivity contribution in [3.05, 3.63) is 65.0 Å². The lowest BCUT2D eigenvalue weighted by atomic mass is 10.1. The lowest BCUT2D eigenvalue weighted by Gasteiger charge is -2.14. The van der Waals surface area contributed by atoms with Crippen molar-refractivity contribution in [2.24, 2.45) is 5.16 Å². The summed E-state index contributed by atoms with van der Waals surface area (Å²) < 4.78 is 11.8. The van der Waals surface area contributed by atoms with Crippen LogP contribution in [0.4, 0.5) is 0 Å². The zero-order valence-electron chi connectivity index (χ0n) is 18.9. The van der Waals surface area contributed by atoms with Gasteiger partial charge in [0.2, 0.25) is 0 Å². The molecule has 0 N–H and O–H groups in total. The van der Waals surface area contributed by atoms with Gasteiger partial charge in [-0.15, -0.1) is 0 Å². The maximum absolute atomic E-state index is 6.06. The van der Waals surface area contributed by atoms with E-state index >= 15 is 0 Å². The van der Waals surface area contributed by atoms with Crippen LogP contribution in [0.5, 0.6) is 11.5 Å². The zero-order valence-corrected chi connectivity index (χ0v) is 18.9. The first-order chi connectivity index (χ1) is 14.5. The summed E-state index contributed by atoms with van der Waals surface area (Å²) in [6.07, 6.45) is 10.2. The maximum atomic E-state index is 6.06. The van der Waals surface area contributed by atoms with E-state index in [0.717, 1.165) is 66.3 Å². The predicted octanol–water partition coefficient (Wildman–Crippen LogP) is 5.82. The van der Waals surface area contributed by atoms with Crippen molar-refractivity contribution >= 4 is 5.71 Å². The van der Waals surface area contributed by atoms with Crippen LogP contribution in [-0.2, 0) is 11.3 Å². The summed E-state index contributed by atoms with van der Waals surface area (Å²) >= 11 is 0. The SMILES string of the molecule is C/C=C/COc1cc(C)c(OCCCCCc2ccc(C(C)=NOC)nc2)c(C)c1. The van der Waals surface area contributed by atoms with Gasteiger partial charge in [0, 0.05) is 6.20 Å². The van der Waals surface area contributed by atoms with Gasteiger partial charge in [0.1, 0.15) is 30.9 Å². The van der Waals surface area contributed by atoms with E-state index in [4.69, 9.17) is 14.3 Å². The van der Waals surface area contributed by atoms with Crippen molar-refractivity contribution in [1.29, 1.82) is 0 Å².